The molecule has 2 N–H and O–H groups in total. The van der Waals surface area contributed by atoms with Gasteiger partial charge in [-0.1, -0.05) is 6.92 Å². The topological polar surface area (TPSA) is 86.8 Å². The summed E-state index contributed by atoms with van der Waals surface area (Å²) in [7, 11) is 1.46. The van der Waals surface area contributed by atoms with Crippen molar-refractivity contribution in [3.8, 4) is 5.75 Å². The van der Waals surface area contributed by atoms with Gasteiger partial charge in [-0.2, -0.15) is 4.39 Å². The van der Waals surface area contributed by atoms with Gasteiger partial charge in [0.15, 0.2) is 17.7 Å². The number of nitrogens with zero attached hydrogens (tertiary/aromatic N) is 3. The molecule has 0 spiro atoms. The summed E-state index contributed by atoms with van der Waals surface area (Å²) in [6.45, 7) is 4.68. The summed E-state index contributed by atoms with van der Waals surface area (Å²) in [6, 6.07) is 6.22. The van der Waals surface area contributed by atoms with Crippen molar-refractivity contribution in [2.75, 3.05) is 43.4 Å². The first kappa shape index (κ1) is 21.9. The van der Waals surface area contributed by atoms with Crippen molar-refractivity contribution in [1.82, 2.24) is 15.2 Å². The van der Waals surface area contributed by atoms with E-state index in [1.54, 1.807) is 19.1 Å². The van der Waals surface area contributed by atoms with Crippen LogP contribution < -0.4 is 20.3 Å². The molecule has 1 saturated heterocycles. The number of fused-ring (bicyclic) bond motifs is 1. The molecule has 32 heavy (non-hydrogen) atoms. The van der Waals surface area contributed by atoms with Gasteiger partial charge in [0, 0.05) is 39.8 Å². The largest absolute Gasteiger partial charge is 0.475 e. The standard InChI is InChI=1S/C22H25F2N5O3/c1-3-18-22(31)27-16-11-13(10-14(23)19(16)32-18)12-28-6-8-29(9-7-28)17-5-4-15(21(30)25-2)26-20(17)24/h4-5,10-11,18H,3,6-9,12H2,1-2H3,(H,25,30)(H,27,31)/t18-/m1/s1. The van der Waals surface area contributed by atoms with Crippen LogP contribution in [0.2, 0.25) is 0 Å². The van der Waals surface area contributed by atoms with Crippen LogP contribution in [-0.4, -0.2) is 61.0 Å². The molecule has 2 aliphatic heterocycles. The normalized spacial score (nSPS) is 18.6. The zero-order chi connectivity index (χ0) is 22.8. The van der Waals surface area contributed by atoms with Gasteiger partial charge in [0.05, 0.1) is 11.4 Å². The quantitative estimate of drug-likeness (QED) is 0.686. The molecule has 1 aromatic carbocycles. The van der Waals surface area contributed by atoms with E-state index in [4.69, 9.17) is 4.74 Å². The number of amides is 2. The minimum atomic E-state index is -0.684. The van der Waals surface area contributed by atoms with E-state index in [0.29, 0.717) is 50.5 Å². The Bertz CT molecular complexity index is 1040. The third-order valence-electron chi connectivity index (χ3n) is 5.69. The molecule has 1 atom stereocenters. The molecule has 0 bridgehead atoms. The first-order valence-corrected chi connectivity index (χ1v) is 10.6. The maximum Gasteiger partial charge on any atom is 0.269 e. The van der Waals surface area contributed by atoms with E-state index in [0.717, 1.165) is 5.56 Å². The van der Waals surface area contributed by atoms with Gasteiger partial charge in [-0.3, -0.25) is 14.5 Å². The number of hydrogen-bond donors (Lipinski definition) is 2. The van der Waals surface area contributed by atoms with Crippen LogP contribution in [0.3, 0.4) is 0 Å². The Labute approximate surface area is 184 Å². The number of anilines is 2. The Balaban J connectivity index is 1.40. The first-order chi connectivity index (χ1) is 15.4. The highest BCUT2D eigenvalue weighted by molar-refractivity contribution is 5.97. The van der Waals surface area contributed by atoms with E-state index in [9.17, 15) is 18.4 Å². The van der Waals surface area contributed by atoms with E-state index in [2.05, 4.69) is 20.5 Å². The molecule has 3 heterocycles. The molecule has 2 aromatic rings. The zero-order valence-corrected chi connectivity index (χ0v) is 18.0. The van der Waals surface area contributed by atoms with Crippen molar-refractivity contribution in [3.05, 3.63) is 47.3 Å². The lowest BCUT2D eigenvalue weighted by Gasteiger charge is -2.36. The summed E-state index contributed by atoms with van der Waals surface area (Å²) >= 11 is 0. The molecule has 0 aliphatic carbocycles. The van der Waals surface area contributed by atoms with Crippen LogP contribution in [-0.2, 0) is 11.3 Å². The Morgan fingerprint density at radius 1 is 1.25 bits per heavy atom. The average molecular weight is 445 g/mol. The number of pyridine rings is 1. The van der Waals surface area contributed by atoms with Gasteiger partial charge in [0.25, 0.3) is 11.8 Å². The van der Waals surface area contributed by atoms with Crippen LogP contribution in [0.5, 0.6) is 5.75 Å². The lowest BCUT2D eigenvalue weighted by molar-refractivity contribution is -0.123. The van der Waals surface area contributed by atoms with Crippen LogP contribution in [0.15, 0.2) is 24.3 Å². The Morgan fingerprint density at radius 3 is 2.66 bits per heavy atom. The molecule has 10 heteroatoms. The second-order valence-corrected chi connectivity index (χ2v) is 7.81. The molecule has 1 fully saturated rings. The van der Waals surface area contributed by atoms with Crippen molar-refractivity contribution in [2.45, 2.75) is 26.0 Å². The monoisotopic (exact) mass is 445 g/mol. The summed E-state index contributed by atoms with van der Waals surface area (Å²) in [5.41, 5.74) is 1.44. The van der Waals surface area contributed by atoms with E-state index < -0.39 is 23.8 Å². The number of benzene rings is 1. The third kappa shape index (κ3) is 4.36. The van der Waals surface area contributed by atoms with Gasteiger partial charge in [0.1, 0.15) is 5.69 Å². The molecular weight excluding hydrogens is 420 g/mol. The summed E-state index contributed by atoms with van der Waals surface area (Å²) < 4.78 is 34.5. The molecule has 1 aromatic heterocycles. The lowest BCUT2D eigenvalue weighted by Crippen LogP contribution is -2.46. The molecule has 170 valence electrons. The van der Waals surface area contributed by atoms with Gasteiger partial charge >= 0.3 is 0 Å². The minimum absolute atomic E-state index is 0.0307. The van der Waals surface area contributed by atoms with Gasteiger partial charge in [-0.05, 0) is 36.2 Å². The van der Waals surface area contributed by atoms with Crippen molar-refractivity contribution in [2.24, 2.45) is 0 Å². The van der Waals surface area contributed by atoms with Crippen LogP contribution >= 0.6 is 0 Å². The average Bonchev–Trinajstić information content (AvgIpc) is 2.78. The molecule has 0 unspecified atom stereocenters. The van der Waals surface area contributed by atoms with Crippen molar-refractivity contribution in [3.63, 3.8) is 0 Å². The van der Waals surface area contributed by atoms with E-state index >= 15 is 0 Å². The summed E-state index contributed by atoms with van der Waals surface area (Å²) in [5.74, 6) is -1.82. The highest BCUT2D eigenvalue weighted by atomic mass is 19.1. The number of piperazine rings is 1. The van der Waals surface area contributed by atoms with Crippen LogP contribution in [0, 0.1) is 11.8 Å². The van der Waals surface area contributed by atoms with Gasteiger partial charge < -0.3 is 20.3 Å². The molecule has 4 rings (SSSR count). The van der Waals surface area contributed by atoms with Crippen molar-refractivity contribution >= 4 is 23.2 Å². The Kier molecular flexibility index (Phi) is 6.22. The van der Waals surface area contributed by atoms with Crippen LogP contribution in [0.25, 0.3) is 0 Å². The van der Waals surface area contributed by atoms with Gasteiger partial charge in [-0.15, -0.1) is 0 Å². The van der Waals surface area contributed by atoms with Crippen molar-refractivity contribution in [1.29, 1.82) is 0 Å². The molecule has 0 radical (unpaired) electrons. The predicted molar refractivity (Wildman–Crippen MR) is 115 cm³/mol. The second-order valence-electron chi connectivity index (χ2n) is 7.81. The third-order valence-corrected chi connectivity index (χ3v) is 5.69. The van der Waals surface area contributed by atoms with Gasteiger partial charge in [-0.25, -0.2) is 9.37 Å². The van der Waals surface area contributed by atoms with E-state index in [1.165, 1.54) is 19.2 Å². The molecular formula is C22H25F2N5O3. The molecule has 8 nitrogen and oxygen atoms in total. The zero-order valence-electron chi connectivity index (χ0n) is 18.0. The number of carbonyl (C=O) groups is 2. The van der Waals surface area contributed by atoms with Crippen molar-refractivity contribution < 1.29 is 23.1 Å². The fourth-order valence-corrected chi connectivity index (χ4v) is 3.95. The number of aromatic nitrogens is 1. The molecule has 0 saturated carbocycles. The summed E-state index contributed by atoms with van der Waals surface area (Å²) in [4.78, 5) is 31.4. The number of nitrogens with one attached hydrogen (secondary N) is 2. The number of halogens is 2. The lowest BCUT2D eigenvalue weighted by atomic mass is 10.1. The predicted octanol–water partition coefficient (Wildman–Crippen LogP) is 2.15. The van der Waals surface area contributed by atoms with Gasteiger partial charge in [0.2, 0.25) is 5.95 Å². The smallest absolute Gasteiger partial charge is 0.269 e. The number of hydrogen-bond acceptors (Lipinski definition) is 6. The molecule has 2 aliphatic rings. The van der Waals surface area contributed by atoms with E-state index in [-0.39, 0.29) is 17.4 Å². The number of ether oxygens (including phenoxy) is 1. The van der Waals surface area contributed by atoms with Crippen LogP contribution in [0.1, 0.15) is 29.4 Å². The molecule has 2 amide bonds. The maximum atomic E-state index is 14.6. The first-order valence-electron chi connectivity index (χ1n) is 10.6. The highest BCUT2D eigenvalue weighted by Crippen LogP contribution is 2.34. The Hall–Kier alpha value is -3.27. The fraction of sp³-hybridized carbons (Fsp3) is 0.409. The fourth-order valence-electron chi connectivity index (χ4n) is 3.95. The maximum absolute atomic E-state index is 14.6. The number of rotatable bonds is 5. The summed E-state index contributed by atoms with van der Waals surface area (Å²) in [6.07, 6.45) is -0.224. The Morgan fingerprint density at radius 2 is 2.00 bits per heavy atom. The highest BCUT2D eigenvalue weighted by Gasteiger charge is 2.29. The second kappa shape index (κ2) is 9.07. The minimum Gasteiger partial charge on any atom is -0.475 e. The number of carbonyl (C=O) groups excluding carboxylic acids is 2. The SMILES string of the molecule is CC[C@H]1Oc2c(F)cc(CN3CCN(c4ccc(C(=O)NC)nc4F)CC3)cc2NC1=O. The van der Waals surface area contributed by atoms with E-state index in [1.807, 2.05) is 4.90 Å². The summed E-state index contributed by atoms with van der Waals surface area (Å²) in [5, 5.41) is 5.14. The van der Waals surface area contributed by atoms with Crippen LogP contribution in [0.4, 0.5) is 20.2 Å².